The van der Waals surface area contributed by atoms with E-state index >= 15 is 0 Å². The Morgan fingerprint density at radius 2 is 2.15 bits per heavy atom. The van der Waals surface area contributed by atoms with Crippen molar-refractivity contribution in [2.24, 2.45) is 5.73 Å². The number of aliphatic carboxylic acids is 1. The summed E-state index contributed by atoms with van der Waals surface area (Å²) in [7, 11) is 0. The lowest BCUT2D eigenvalue weighted by atomic mass is 10.1. The highest BCUT2D eigenvalue weighted by Crippen LogP contribution is 2.03. The van der Waals surface area contributed by atoms with Gasteiger partial charge in [-0.2, -0.15) is 0 Å². The number of carbonyl (C=O) groups excluding carboxylic acids is 2. The van der Waals surface area contributed by atoms with E-state index in [1.165, 1.54) is 0 Å². The number of aryl methyl sites for hydroxylation is 1. The van der Waals surface area contributed by atoms with Crippen LogP contribution in [0.2, 0.25) is 0 Å². The number of hydrogen-bond acceptors (Lipinski definition) is 4. The van der Waals surface area contributed by atoms with Crippen LogP contribution in [0.1, 0.15) is 17.5 Å². The fourth-order valence-electron chi connectivity index (χ4n) is 1.49. The number of rotatable bonds is 6. The van der Waals surface area contributed by atoms with Gasteiger partial charge in [-0.15, -0.1) is 0 Å². The number of nitrogens with two attached hydrogens (primary N) is 1. The van der Waals surface area contributed by atoms with Crippen LogP contribution >= 0.6 is 0 Å². The molecule has 8 heteroatoms. The lowest BCUT2D eigenvalue weighted by Gasteiger charge is -2.14. The number of amides is 3. The molecule has 108 valence electrons. The molecule has 8 nitrogen and oxygen atoms in total. The summed E-state index contributed by atoms with van der Waals surface area (Å²) in [5.41, 5.74) is 6.67. The summed E-state index contributed by atoms with van der Waals surface area (Å²) < 4.78 is 0. The molecular formula is C12H16N4O4. The Hall–Kier alpha value is -2.64. The number of carbonyl (C=O) groups is 3. The van der Waals surface area contributed by atoms with E-state index in [9.17, 15) is 14.4 Å². The second kappa shape index (κ2) is 7.07. The second-order valence-electron chi connectivity index (χ2n) is 4.19. The van der Waals surface area contributed by atoms with Gasteiger partial charge in [0.1, 0.15) is 6.04 Å². The fourth-order valence-corrected chi connectivity index (χ4v) is 1.49. The van der Waals surface area contributed by atoms with Crippen molar-refractivity contribution in [1.29, 1.82) is 0 Å². The average molecular weight is 280 g/mol. The van der Waals surface area contributed by atoms with E-state index in [2.05, 4.69) is 15.6 Å². The van der Waals surface area contributed by atoms with Crippen LogP contribution in [-0.4, -0.2) is 34.0 Å². The molecule has 1 aromatic rings. The lowest BCUT2D eigenvalue weighted by Crippen LogP contribution is -2.47. The molecule has 3 amide bonds. The Balaban J connectivity index is 2.52. The third-order valence-corrected chi connectivity index (χ3v) is 2.58. The third kappa shape index (κ3) is 4.92. The van der Waals surface area contributed by atoms with Gasteiger partial charge in [-0.25, -0.2) is 9.59 Å². The summed E-state index contributed by atoms with van der Waals surface area (Å²) in [5.74, 6) is -2.12. The van der Waals surface area contributed by atoms with Gasteiger partial charge in [-0.1, -0.05) is 0 Å². The number of urea groups is 1. The summed E-state index contributed by atoms with van der Waals surface area (Å²) >= 11 is 0. The van der Waals surface area contributed by atoms with Crippen LogP contribution in [0.5, 0.6) is 0 Å². The zero-order valence-electron chi connectivity index (χ0n) is 10.9. The van der Waals surface area contributed by atoms with E-state index in [1.807, 2.05) is 6.92 Å². The molecule has 0 aliphatic carbocycles. The topological polar surface area (TPSA) is 134 Å². The zero-order valence-corrected chi connectivity index (χ0v) is 10.9. The van der Waals surface area contributed by atoms with Gasteiger partial charge in [0.25, 0.3) is 0 Å². The van der Waals surface area contributed by atoms with Crippen molar-refractivity contribution in [3.63, 3.8) is 0 Å². The van der Waals surface area contributed by atoms with Crippen molar-refractivity contribution in [3.8, 4) is 0 Å². The van der Waals surface area contributed by atoms with E-state index < -0.39 is 30.4 Å². The highest BCUT2D eigenvalue weighted by molar-refractivity contribution is 5.87. The first-order valence-electron chi connectivity index (χ1n) is 5.85. The van der Waals surface area contributed by atoms with Crippen molar-refractivity contribution in [2.75, 3.05) is 0 Å². The number of nitrogens with zero attached hydrogens (tertiary/aromatic N) is 1. The van der Waals surface area contributed by atoms with Crippen LogP contribution < -0.4 is 16.4 Å². The molecule has 0 aromatic carbocycles. The van der Waals surface area contributed by atoms with Crippen molar-refractivity contribution < 1.29 is 19.5 Å². The van der Waals surface area contributed by atoms with Crippen LogP contribution in [0, 0.1) is 6.92 Å². The van der Waals surface area contributed by atoms with Gasteiger partial charge in [0.15, 0.2) is 0 Å². The lowest BCUT2D eigenvalue weighted by molar-refractivity contribution is -0.140. The Kier molecular flexibility index (Phi) is 5.45. The number of primary amides is 1. The molecule has 0 saturated carbocycles. The first kappa shape index (κ1) is 15.4. The van der Waals surface area contributed by atoms with Gasteiger partial charge in [0, 0.05) is 18.9 Å². The smallest absolute Gasteiger partial charge is 0.326 e. The Morgan fingerprint density at radius 3 is 2.70 bits per heavy atom. The number of hydrogen-bond donors (Lipinski definition) is 4. The molecule has 5 N–H and O–H groups in total. The molecule has 1 aromatic heterocycles. The minimum atomic E-state index is -1.34. The average Bonchev–Trinajstić information content (AvgIpc) is 2.36. The van der Waals surface area contributed by atoms with Crippen molar-refractivity contribution in [2.45, 2.75) is 25.9 Å². The Morgan fingerprint density at radius 1 is 1.45 bits per heavy atom. The molecule has 0 bridgehead atoms. The number of aromatic nitrogens is 1. The first-order valence-corrected chi connectivity index (χ1v) is 5.85. The largest absolute Gasteiger partial charge is 0.480 e. The van der Waals surface area contributed by atoms with Gasteiger partial charge in [-0.05, 0) is 24.1 Å². The number of carboxylic acids is 1. The van der Waals surface area contributed by atoms with E-state index in [-0.39, 0.29) is 6.54 Å². The third-order valence-electron chi connectivity index (χ3n) is 2.58. The van der Waals surface area contributed by atoms with E-state index in [0.717, 1.165) is 11.1 Å². The summed E-state index contributed by atoms with van der Waals surface area (Å²) in [6.07, 6.45) is 2.79. The predicted molar refractivity (Wildman–Crippen MR) is 69.6 cm³/mol. The maximum Gasteiger partial charge on any atom is 0.326 e. The predicted octanol–water partition coefficient (Wildman–Crippen LogP) is -0.482. The molecule has 1 heterocycles. The number of carboxylic acid groups (broad SMARTS) is 1. The van der Waals surface area contributed by atoms with E-state index in [1.54, 1.807) is 18.5 Å². The fraction of sp³-hybridized carbons (Fsp3) is 0.333. The monoisotopic (exact) mass is 280 g/mol. The van der Waals surface area contributed by atoms with Gasteiger partial charge in [-0.3, -0.25) is 9.78 Å². The molecule has 0 aliphatic rings. The van der Waals surface area contributed by atoms with E-state index in [4.69, 9.17) is 10.8 Å². The standard InChI is InChI=1S/C12H16N4O4/c1-7-5-14-3-2-8(7)6-15-12(20)16-9(11(18)19)4-10(13)17/h2-3,5,9H,4,6H2,1H3,(H2,13,17)(H,18,19)(H2,15,16,20)/t9-/m1/s1. The van der Waals surface area contributed by atoms with Gasteiger partial charge in [0.2, 0.25) is 5.91 Å². The summed E-state index contributed by atoms with van der Waals surface area (Å²) in [4.78, 5) is 37.0. The Bertz CT molecular complexity index is 518. The molecule has 0 spiro atoms. The van der Waals surface area contributed by atoms with Gasteiger partial charge < -0.3 is 21.5 Å². The van der Waals surface area contributed by atoms with Crippen LogP contribution in [-0.2, 0) is 16.1 Å². The molecule has 0 saturated heterocycles. The first-order chi connectivity index (χ1) is 9.40. The van der Waals surface area contributed by atoms with Crippen molar-refractivity contribution in [3.05, 3.63) is 29.6 Å². The highest BCUT2D eigenvalue weighted by atomic mass is 16.4. The normalized spacial score (nSPS) is 11.4. The van der Waals surface area contributed by atoms with Crippen LogP contribution in [0.4, 0.5) is 4.79 Å². The van der Waals surface area contributed by atoms with Gasteiger partial charge >= 0.3 is 12.0 Å². The minimum absolute atomic E-state index is 0.225. The maximum atomic E-state index is 11.6. The van der Waals surface area contributed by atoms with Crippen LogP contribution in [0.3, 0.4) is 0 Å². The molecule has 20 heavy (non-hydrogen) atoms. The molecule has 0 radical (unpaired) electrons. The zero-order chi connectivity index (χ0) is 15.1. The van der Waals surface area contributed by atoms with E-state index in [0.29, 0.717) is 0 Å². The molecule has 1 atom stereocenters. The second-order valence-corrected chi connectivity index (χ2v) is 4.19. The van der Waals surface area contributed by atoms with Gasteiger partial charge in [0.05, 0.1) is 6.42 Å². The highest BCUT2D eigenvalue weighted by Gasteiger charge is 2.21. The molecule has 0 aliphatic heterocycles. The van der Waals surface area contributed by atoms with Crippen LogP contribution in [0.15, 0.2) is 18.5 Å². The summed E-state index contributed by atoms with van der Waals surface area (Å²) in [6.45, 7) is 2.07. The van der Waals surface area contributed by atoms with Crippen molar-refractivity contribution >= 4 is 17.9 Å². The molecule has 1 rings (SSSR count). The maximum absolute atomic E-state index is 11.6. The molecular weight excluding hydrogens is 264 g/mol. The number of nitrogens with one attached hydrogen (secondary N) is 2. The molecule has 0 unspecified atom stereocenters. The molecule has 0 fully saturated rings. The minimum Gasteiger partial charge on any atom is -0.480 e. The summed E-state index contributed by atoms with van der Waals surface area (Å²) in [6, 6.07) is -0.283. The number of pyridine rings is 1. The van der Waals surface area contributed by atoms with Crippen LogP contribution in [0.25, 0.3) is 0 Å². The van der Waals surface area contributed by atoms with Crippen molar-refractivity contribution in [1.82, 2.24) is 15.6 Å². The SMILES string of the molecule is Cc1cnccc1CNC(=O)N[C@H](CC(N)=O)C(=O)O. The summed E-state index contributed by atoms with van der Waals surface area (Å²) in [5, 5.41) is 13.5. The Labute approximate surface area is 115 Å². The quantitative estimate of drug-likeness (QED) is 0.558.